The lowest BCUT2D eigenvalue weighted by Crippen LogP contribution is -2.53. The van der Waals surface area contributed by atoms with Gasteiger partial charge < -0.3 is 19.5 Å². The van der Waals surface area contributed by atoms with E-state index in [1.807, 2.05) is 4.90 Å². The smallest absolute Gasteiger partial charge is 0.246 e. The average Bonchev–Trinajstić information content (AvgIpc) is 3.03. The Morgan fingerprint density at radius 2 is 1.75 bits per heavy atom. The summed E-state index contributed by atoms with van der Waals surface area (Å²) in [5.74, 6) is -0.177. The first-order chi connectivity index (χ1) is 15.2. The van der Waals surface area contributed by atoms with Crippen molar-refractivity contribution in [2.45, 2.75) is 25.3 Å². The maximum Gasteiger partial charge on any atom is 0.246 e. The van der Waals surface area contributed by atoms with Crippen molar-refractivity contribution in [3.63, 3.8) is 0 Å². The Kier molecular flexibility index (Phi) is 11.0. The molecule has 0 saturated carbocycles. The lowest BCUT2D eigenvalue weighted by Gasteiger charge is -2.37. The number of nitrogens with zero attached hydrogens (tertiary/aromatic N) is 4. The first-order valence-electron chi connectivity index (χ1n) is 10.3. The van der Waals surface area contributed by atoms with Crippen LogP contribution in [-0.2, 0) is 41.9 Å². The van der Waals surface area contributed by atoms with Crippen molar-refractivity contribution < 1.29 is 27.4 Å². The predicted molar refractivity (Wildman–Crippen MR) is 119 cm³/mol. The second-order valence-electron chi connectivity index (χ2n) is 7.57. The zero-order chi connectivity index (χ0) is 23.6. The maximum atomic E-state index is 11.5. The van der Waals surface area contributed by atoms with Crippen LogP contribution in [0.2, 0.25) is 5.15 Å². The van der Waals surface area contributed by atoms with Gasteiger partial charge in [0.1, 0.15) is 5.69 Å². The molecule has 1 N–H and O–H groups in total. The molecule has 2 heterocycles. The topological polar surface area (TPSA) is 125 Å². The molecule has 0 radical (unpaired) electrons. The van der Waals surface area contributed by atoms with Crippen LogP contribution in [0, 0.1) is 0 Å². The van der Waals surface area contributed by atoms with Gasteiger partial charge in [0.05, 0.1) is 51.4 Å². The number of hydrogen-bond donors (Lipinski definition) is 1. The molecule has 13 heteroatoms. The van der Waals surface area contributed by atoms with Gasteiger partial charge in [-0.2, -0.15) is 0 Å². The second kappa shape index (κ2) is 13.2. The molecule has 182 valence electrons. The van der Waals surface area contributed by atoms with Crippen LogP contribution in [0.5, 0.6) is 0 Å². The number of hydrogen-bond acceptors (Lipinski definition) is 9. The molecule has 0 bridgehead atoms. The number of halogens is 1. The van der Waals surface area contributed by atoms with Gasteiger partial charge in [-0.3, -0.25) is 9.69 Å². The molecule has 1 saturated heterocycles. The van der Waals surface area contributed by atoms with E-state index >= 15 is 0 Å². The molecule has 11 nitrogen and oxygen atoms in total. The summed E-state index contributed by atoms with van der Waals surface area (Å²) in [6, 6.07) is 0. The first-order valence-corrected chi connectivity index (χ1v) is 12.7. The number of carbonyl (C=O) groups excluding carboxylic acids is 1. The van der Waals surface area contributed by atoms with Gasteiger partial charge in [-0.1, -0.05) is 23.4 Å². The van der Waals surface area contributed by atoms with Crippen molar-refractivity contribution in [3.05, 3.63) is 23.0 Å². The minimum Gasteiger partial charge on any atom is -0.377 e. The van der Waals surface area contributed by atoms with Gasteiger partial charge in [0.15, 0.2) is 15.0 Å². The number of sulfone groups is 1. The third kappa shape index (κ3) is 9.12. The maximum absolute atomic E-state index is 11.5. The van der Waals surface area contributed by atoms with E-state index in [0.29, 0.717) is 88.8 Å². The van der Waals surface area contributed by atoms with Crippen LogP contribution in [0.3, 0.4) is 0 Å². The molecule has 1 aliphatic rings. The summed E-state index contributed by atoms with van der Waals surface area (Å²) < 4.78 is 40.8. The predicted octanol–water partition coefficient (Wildman–Crippen LogP) is -0.0976. The van der Waals surface area contributed by atoms with Gasteiger partial charge in [0.2, 0.25) is 5.91 Å². The zero-order valence-corrected chi connectivity index (χ0v) is 20.2. The van der Waals surface area contributed by atoms with Gasteiger partial charge in [0.25, 0.3) is 0 Å². The van der Waals surface area contributed by atoms with E-state index in [0.717, 1.165) is 0 Å². The largest absolute Gasteiger partial charge is 0.377 e. The molecule has 0 unspecified atom stereocenters. The highest BCUT2D eigenvalue weighted by Gasteiger charge is 2.35. The number of amides is 1. The fourth-order valence-electron chi connectivity index (χ4n) is 2.79. The number of rotatable bonds is 16. The Labute approximate surface area is 193 Å². The van der Waals surface area contributed by atoms with Crippen LogP contribution in [-0.4, -0.2) is 105 Å². The van der Waals surface area contributed by atoms with Crippen LogP contribution in [0.4, 0.5) is 0 Å². The molecular weight excluding hydrogens is 462 g/mol. The van der Waals surface area contributed by atoms with E-state index in [4.69, 9.17) is 25.8 Å². The third-order valence-corrected chi connectivity index (χ3v) is 6.67. The normalized spacial score (nSPS) is 15.0. The summed E-state index contributed by atoms with van der Waals surface area (Å²) in [7, 11) is -3.00. The van der Waals surface area contributed by atoms with E-state index in [2.05, 4.69) is 22.2 Å². The number of likely N-dealkylation sites (tertiary alicyclic amines) is 1. The van der Waals surface area contributed by atoms with Crippen molar-refractivity contribution in [3.8, 4) is 0 Å². The Morgan fingerprint density at radius 1 is 1.16 bits per heavy atom. The minimum atomic E-state index is -3.00. The van der Waals surface area contributed by atoms with Gasteiger partial charge in [-0.25, -0.2) is 13.1 Å². The molecule has 0 atom stereocenters. The van der Waals surface area contributed by atoms with Crippen molar-refractivity contribution in [2.75, 3.05) is 65.5 Å². The molecule has 0 aromatic carbocycles. The summed E-state index contributed by atoms with van der Waals surface area (Å²) in [6.45, 7) is 10.1. The van der Waals surface area contributed by atoms with Gasteiger partial charge in [-0.05, 0) is 6.92 Å². The Hall–Kier alpha value is -1.57. The van der Waals surface area contributed by atoms with Crippen molar-refractivity contribution in [2.24, 2.45) is 0 Å². The molecule has 1 aromatic rings. The van der Waals surface area contributed by atoms with Gasteiger partial charge in [0, 0.05) is 38.0 Å². The Bertz CT molecular complexity index is 856. The van der Waals surface area contributed by atoms with E-state index in [-0.39, 0.29) is 11.2 Å². The molecule has 1 amide bonds. The highest BCUT2D eigenvalue weighted by atomic mass is 35.5. The number of nitrogens with one attached hydrogen (secondary N) is 1. The van der Waals surface area contributed by atoms with Gasteiger partial charge in [-0.15, -0.1) is 5.10 Å². The number of ether oxygens (including phenoxy) is 3. The standard InChI is InChI=1S/C19H32ClN5O6S/c1-15(2)19(26)21-4-6-29-8-10-31-11-9-30-7-5-25-18(20)17(22-23-25)14-24-12-16(13-24)32(3,27)28/h16H,1,4-14H2,2-3H3,(H,21,26). The third-order valence-electron chi connectivity index (χ3n) is 4.75. The molecular formula is C19H32ClN5O6S. The summed E-state index contributed by atoms with van der Waals surface area (Å²) in [4.78, 5) is 13.2. The fourth-order valence-corrected chi connectivity index (χ4v) is 3.97. The monoisotopic (exact) mass is 493 g/mol. The molecule has 1 aromatic heterocycles. The van der Waals surface area contributed by atoms with Crippen molar-refractivity contribution >= 4 is 27.3 Å². The van der Waals surface area contributed by atoms with Crippen LogP contribution >= 0.6 is 11.6 Å². The summed E-state index contributed by atoms with van der Waals surface area (Å²) in [5.41, 5.74) is 1.09. The average molecular weight is 494 g/mol. The Morgan fingerprint density at radius 3 is 2.34 bits per heavy atom. The van der Waals surface area contributed by atoms with Crippen LogP contribution in [0.25, 0.3) is 0 Å². The Balaban J connectivity index is 1.46. The molecule has 1 fully saturated rings. The van der Waals surface area contributed by atoms with Crippen LogP contribution < -0.4 is 5.32 Å². The van der Waals surface area contributed by atoms with Crippen LogP contribution in [0.15, 0.2) is 12.2 Å². The second-order valence-corrected chi connectivity index (χ2v) is 10.3. The number of carbonyl (C=O) groups is 1. The van der Waals surface area contributed by atoms with E-state index in [1.54, 1.807) is 11.6 Å². The lowest BCUT2D eigenvalue weighted by molar-refractivity contribution is -0.117. The minimum absolute atomic E-state index is 0.177. The molecule has 32 heavy (non-hydrogen) atoms. The molecule has 1 aliphatic heterocycles. The SMILES string of the molecule is C=C(C)C(=O)NCCOCCOCCOCCn1nnc(CN2CC(S(C)(=O)=O)C2)c1Cl. The molecule has 2 rings (SSSR count). The number of aromatic nitrogens is 3. The van der Waals surface area contributed by atoms with E-state index < -0.39 is 9.84 Å². The summed E-state index contributed by atoms with van der Waals surface area (Å²) >= 11 is 6.31. The van der Waals surface area contributed by atoms with E-state index in [9.17, 15) is 13.2 Å². The molecule has 0 aliphatic carbocycles. The zero-order valence-electron chi connectivity index (χ0n) is 18.6. The summed E-state index contributed by atoms with van der Waals surface area (Å²) in [6.07, 6.45) is 1.26. The van der Waals surface area contributed by atoms with Crippen molar-refractivity contribution in [1.82, 2.24) is 25.2 Å². The van der Waals surface area contributed by atoms with E-state index in [1.165, 1.54) is 6.26 Å². The highest BCUT2D eigenvalue weighted by molar-refractivity contribution is 7.91. The van der Waals surface area contributed by atoms with Gasteiger partial charge >= 0.3 is 0 Å². The quantitative estimate of drug-likeness (QED) is 0.248. The first kappa shape index (κ1) is 26.7. The summed E-state index contributed by atoms with van der Waals surface area (Å²) in [5, 5.41) is 10.9. The lowest BCUT2D eigenvalue weighted by atomic mass is 10.2. The van der Waals surface area contributed by atoms with Crippen LogP contribution in [0.1, 0.15) is 12.6 Å². The van der Waals surface area contributed by atoms with Crippen molar-refractivity contribution in [1.29, 1.82) is 0 Å². The fraction of sp³-hybridized carbons (Fsp3) is 0.737. The highest BCUT2D eigenvalue weighted by Crippen LogP contribution is 2.21. The molecule has 0 spiro atoms.